The molecule has 0 atom stereocenters. The predicted molar refractivity (Wildman–Crippen MR) is 64.4 cm³/mol. The van der Waals surface area contributed by atoms with Crippen molar-refractivity contribution in [2.24, 2.45) is 0 Å². The van der Waals surface area contributed by atoms with Crippen LogP contribution in [0.25, 0.3) is 0 Å². The Balaban J connectivity index is 2.30. The molecular formula is C13H12P-. The second kappa shape index (κ2) is 4.39. The third-order valence-electron chi connectivity index (χ3n) is 2.14. The first-order valence-electron chi connectivity index (χ1n) is 4.58. The molecule has 0 radical (unpaired) electrons. The highest BCUT2D eigenvalue weighted by Gasteiger charge is 1.98. The molecule has 14 heavy (non-hydrogen) atoms. The normalized spacial score (nSPS) is 10.4. The van der Waals surface area contributed by atoms with Crippen molar-refractivity contribution < 1.29 is 0 Å². The summed E-state index contributed by atoms with van der Waals surface area (Å²) < 4.78 is 0. The molecule has 70 valence electrons. The summed E-state index contributed by atoms with van der Waals surface area (Å²) in [5.41, 5.74) is 0. The van der Waals surface area contributed by atoms with E-state index < -0.39 is 7.92 Å². The van der Waals surface area contributed by atoms with E-state index in [4.69, 9.17) is 0 Å². The summed E-state index contributed by atoms with van der Waals surface area (Å²) in [6.45, 7) is 4.24. The van der Waals surface area contributed by atoms with Crippen molar-refractivity contribution in [2.45, 2.75) is 0 Å². The lowest BCUT2D eigenvalue weighted by molar-refractivity contribution is 1.75. The van der Waals surface area contributed by atoms with E-state index in [1.165, 1.54) is 10.6 Å². The molecule has 0 aliphatic carbocycles. The highest BCUT2D eigenvalue weighted by molar-refractivity contribution is 7.74. The summed E-state index contributed by atoms with van der Waals surface area (Å²) in [6.07, 6.45) is 0. The van der Waals surface area contributed by atoms with E-state index in [0.29, 0.717) is 0 Å². The van der Waals surface area contributed by atoms with Gasteiger partial charge in [-0.25, -0.2) is 7.92 Å². The van der Waals surface area contributed by atoms with Crippen LogP contribution in [-0.4, -0.2) is 0 Å². The fourth-order valence-corrected chi connectivity index (χ4v) is 2.73. The summed E-state index contributed by atoms with van der Waals surface area (Å²) in [5, 5.41) is 2.66. The van der Waals surface area contributed by atoms with Crippen molar-refractivity contribution >= 4 is 18.5 Å². The van der Waals surface area contributed by atoms with Gasteiger partial charge in [-0.2, -0.15) is 0 Å². The standard InChI is InChI=1S/C13H12P/c1-14(12-8-4-2-5-9-12)13-10-6-3-7-11-13/h2-11H,1H2/q-1. The summed E-state index contributed by atoms with van der Waals surface area (Å²) in [5.74, 6) is 0. The zero-order valence-electron chi connectivity index (χ0n) is 7.93. The first-order chi connectivity index (χ1) is 6.88. The summed E-state index contributed by atoms with van der Waals surface area (Å²) in [6, 6.07) is 20.9. The van der Waals surface area contributed by atoms with Crippen molar-refractivity contribution in [2.75, 3.05) is 0 Å². The minimum absolute atomic E-state index is 0.421. The number of benzene rings is 2. The molecule has 0 fully saturated rings. The molecule has 0 unspecified atom stereocenters. The van der Waals surface area contributed by atoms with E-state index in [1.807, 2.05) is 12.1 Å². The van der Waals surface area contributed by atoms with Gasteiger partial charge in [0.05, 0.1) is 0 Å². The fourth-order valence-electron chi connectivity index (χ4n) is 1.36. The van der Waals surface area contributed by atoms with Gasteiger partial charge in [-0.1, -0.05) is 71.3 Å². The third-order valence-corrected chi connectivity index (χ3v) is 3.98. The van der Waals surface area contributed by atoms with Gasteiger partial charge >= 0.3 is 0 Å². The Morgan fingerprint density at radius 1 is 0.643 bits per heavy atom. The van der Waals surface area contributed by atoms with E-state index in [2.05, 4.69) is 55.2 Å². The van der Waals surface area contributed by atoms with E-state index in [1.54, 1.807) is 0 Å². The minimum Gasteiger partial charge on any atom is -0.308 e. The van der Waals surface area contributed by atoms with E-state index in [9.17, 15) is 0 Å². The molecule has 2 aromatic carbocycles. The Bertz CT molecular complexity index is 341. The summed E-state index contributed by atoms with van der Waals surface area (Å²) in [4.78, 5) is 0. The van der Waals surface area contributed by atoms with Gasteiger partial charge in [0.15, 0.2) is 0 Å². The van der Waals surface area contributed by atoms with Crippen LogP contribution in [0.15, 0.2) is 60.7 Å². The zero-order chi connectivity index (χ0) is 9.80. The molecule has 0 aliphatic heterocycles. The lowest BCUT2D eigenvalue weighted by Gasteiger charge is -2.20. The lowest BCUT2D eigenvalue weighted by Crippen LogP contribution is -2.08. The van der Waals surface area contributed by atoms with E-state index >= 15 is 0 Å². The van der Waals surface area contributed by atoms with E-state index in [-0.39, 0.29) is 0 Å². The van der Waals surface area contributed by atoms with Gasteiger partial charge in [-0.05, 0) is 0 Å². The maximum absolute atomic E-state index is 4.24. The quantitative estimate of drug-likeness (QED) is 0.515. The van der Waals surface area contributed by atoms with Gasteiger partial charge in [-0.15, -0.1) is 0 Å². The Kier molecular flexibility index (Phi) is 2.96. The molecule has 0 amide bonds. The van der Waals surface area contributed by atoms with Crippen molar-refractivity contribution in [3.05, 3.63) is 67.3 Å². The van der Waals surface area contributed by atoms with Gasteiger partial charge in [0.2, 0.25) is 0 Å². The first-order valence-corrected chi connectivity index (χ1v) is 6.11. The average Bonchev–Trinajstić information content (AvgIpc) is 2.30. The fraction of sp³-hybridized carbons (Fsp3) is 0. The molecule has 0 N–H and O–H groups in total. The van der Waals surface area contributed by atoms with Crippen LogP contribution < -0.4 is 10.6 Å². The van der Waals surface area contributed by atoms with Gasteiger partial charge in [0.25, 0.3) is 0 Å². The van der Waals surface area contributed by atoms with Crippen LogP contribution in [0.5, 0.6) is 0 Å². The molecule has 0 aliphatic rings. The molecule has 0 heterocycles. The molecule has 0 aromatic heterocycles. The van der Waals surface area contributed by atoms with Crippen LogP contribution in [0, 0.1) is 6.66 Å². The smallest absolute Gasteiger partial charge is 0.0508 e. The molecule has 1 heteroatoms. The van der Waals surface area contributed by atoms with Crippen LogP contribution in [0.2, 0.25) is 0 Å². The van der Waals surface area contributed by atoms with E-state index in [0.717, 1.165) is 0 Å². The van der Waals surface area contributed by atoms with Crippen LogP contribution in [0.3, 0.4) is 0 Å². The zero-order valence-corrected chi connectivity index (χ0v) is 8.82. The van der Waals surface area contributed by atoms with Crippen molar-refractivity contribution in [3.63, 3.8) is 0 Å². The number of hydrogen-bond acceptors (Lipinski definition) is 0. The molecule has 2 aromatic rings. The summed E-state index contributed by atoms with van der Waals surface area (Å²) in [7, 11) is -0.421. The van der Waals surface area contributed by atoms with Crippen LogP contribution in [-0.2, 0) is 0 Å². The predicted octanol–water partition coefficient (Wildman–Crippen LogP) is 2.91. The third kappa shape index (κ3) is 2.02. The Hall–Kier alpha value is -1.13. The molecule has 0 saturated heterocycles. The molecule has 0 nitrogen and oxygen atoms in total. The first kappa shape index (κ1) is 9.43. The second-order valence-electron chi connectivity index (χ2n) is 3.10. The second-order valence-corrected chi connectivity index (χ2v) is 4.99. The maximum atomic E-state index is 4.24. The van der Waals surface area contributed by atoms with Crippen LogP contribution in [0.4, 0.5) is 0 Å². The topological polar surface area (TPSA) is 0 Å². The monoisotopic (exact) mass is 199 g/mol. The molecule has 2 rings (SSSR count). The maximum Gasteiger partial charge on any atom is -0.0508 e. The molecule has 0 bridgehead atoms. The lowest BCUT2D eigenvalue weighted by atomic mass is 10.4. The van der Waals surface area contributed by atoms with Gasteiger partial charge in [-0.3, -0.25) is 0 Å². The largest absolute Gasteiger partial charge is 0.308 e. The van der Waals surface area contributed by atoms with Crippen LogP contribution >= 0.6 is 7.92 Å². The van der Waals surface area contributed by atoms with Crippen molar-refractivity contribution in [1.29, 1.82) is 0 Å². The highest BCUT2D eigenvalue weighted by atomic mass is 31.1. The number of rotatable bonds is 2. The number of hydrogen-bond donors (Lipinski definition) is 0. The molecule has 0 saturated carbocycles. The Morgan fingerprint density at radius 2 is 1.00 bits per heavy atom. The van der Waals surface area contributed by atoms with Crippen LogP contribution in [0.1, 0.15) is 0 Å². The molecule has 0 spiro atoms. The summed E-state index contributed by atoms with van der Waals surface area (Å²) >= 11 is 0. The molecular weight excluding hydrogens is 187 g/mol. The van der Waals surface area contributed by atoms with Gasteiger partial charge in [0, 0.05) is 0 Å². The Labute approximate surface area is 86.4 Å². The van der Waals surface area contributed by atoms with Gasteiger partial charge in [0.1, 0.15) is 0 Å². The SMILES string of the molecule is [CH2-]P(c1ccccc1)c1ccccc1. The van der Waals surface area contributed by atoms with Gasteiger partial charge < -0.3 is 6.66 Å². The van der Waals surface area contributed by atoms with Crippen molar-refractivity contribution in [3.8, 4) is 0 Å². The highest BCUT2D eigenvalue weighted by Crippen LogP contribution is 2.30. The van der Waals surface area contributed by atoms with Crippen molar-refractivity contribution in [1.82, 2.24) is 0 Å². The average molecular weight is 199 g/mol. The Morgan fingerprint density at radius 3 is 1.36 bits per heavy atom. The minimum atomic E-state index is -0.421.